The van der Waals surface area contributed by atoms with Crippen LogP contribution in [0, 0.1) is 0 Å². The van der Waals surface area contributed by atoms with Gasteiger partial charge < -0.3 is 34.3 Å². The third-order valence-electron chi connectivity index (χ3n) is 7.73. The van der Waals surface area contributed by atoms with E-state index in [0.29, 0.717) is 13.0 Å². The Balaban J connectivity index is 2.55. The Hall–Kier alpha value is -0.900. The molecule has 1 heterocycles. The highest BCUT2D eigenvalue weighted by Crippen LogP contribution is 2.26. The lowest BCUT2D eigenvalue weighted by molar-refractivity contribution is -0.301. The minimum Gasteiger partial charge on any atom is -0.457 e. The standard InChI is InChI=1S/C31H60O12S/c1-3-5-7-9-11-12-13-14-15-17-19-21-39-23-25(41-27(33)20-18-16-10-8-6-4-2)24-40-31-29(35)30(43-44(36,37)38)28(34)26(22-32)42-31/h25-26,28-32,34-35H,3-24H2,1-2H3,(H,36,37,38). The van der Waals surface area contributed by atoms with Crippen LogP contribution >= 0.6 is 0 Å². The van der Waals surface area contributed by atoms with Gasteiger partial charge in [-0.1, -0.05) is 110 Å². The van der Waals surface area contributed by atoms with Crippen LogP contribution in [0.3, 0.4) is 0 Å². The van der Waals surface area contributed by atoms with E-state index >= 15 is 0 Å². The fourth-order valence-corrected chi connectivity index (χ4v) is 5.65. The molecule has 1 rings (SSSR count). The quantitative estimate of drug-likeness (QED) is 0.0523. The molecule has 0 radical (unpaired) electrons. The molecule has 4 N–H and O–H groups in total. The van der Waals surface area contributed by atoms with Crippen LogP contribution in [0.25, 0.3) is 0 Å². The zero-order valence-corrected chi connectivity index (χ0v) is 27.8. The third-order valence-corrected chi connectivity index (χ3v) is 8.19. The van der Waals surface area contributed by atoms with E-state index in [-0.39, 0.29) is 19.6 Å². The van der Waals surface area contributed by atoms with Crippen molar-refractivity contribution < 1.29 is 56.2 Å². The summed E-state index contributed by atoms with van der Waals surface area (Å²) in [6.07, 6.45) is 10.5. The van der Waals surface area contributed by atoms with E-state index < -0.39 is 59.8 Å². The Labute approximate surface area is 265 Å². The summed E-state index contributed by atoms with van der Waals surface area (Å²) < 4.78 is 58.3. The highest BCUT2D eigenvalue weighted by molar-refractivity contribution is 7.80. The number of unbranched alkanes of at least 4 members (excludes halogenated alkanes) is 15. The molecular formula is C31H60O12S. The van der Waals surface area contributed by atoms with Crippen LogP contribution < -0.4 is 0 Å². The number of rotatable bonds is 28. The molecule has 1 fully saturated rings. The van der Waals surface area contributed by atoms with Crippen molar-refractivity contribution in [1.82, 2.24) is 0 Å². The van der Waals surface area contributed by atoms with E-state index in [0.717, 1.165) is 44.9 Å². The molecule has 0 aromatic heterocycles. The number of hydrogen-bond donors (Lipinski definition) is 4. The highest BCUT2D eigenvalue weighted by Gasteiger charge is 2.48. The summed E-state index contributed by atoms with van der Waals surface area (Å²) >= 11 is 0. The van der Waals surface area contributed by atoms with Gasteiger partial charge in [-0.3, -0.25) is 9.35 Å². The highest BCUT2D eigenvalue weighted by atomic mass is 32.3. The van der Waals surface area contributed by atoms with Crippen LogP contribution in [0.15, 0.2) is 0 Å². The van der Waals surface area contributed by atoms with Gasteiger partial charge in [-0.2, -0.15) is 8.42 Å². The van der Waals surface area contributed by atoms with Gasteiger partial charge in [0.15, 0.2) is 6.29 Å². The van der Waals surface area contributed by atoms with Crippen molar-refractivity contribution in [2.45, 2.75) is 166 Å². The summed E-state index contributed by atoms with van der Waals surface area (Å²) in [5.74, 6) is -0.409. The van der Waals surface area contributed by atoms with E-state index in [1.165, 1.54) is 57.8 Å². The van der Waals surface area contributed by atoms with E-state index in [9.17, 15) is 28.5 Å². The molecule has 0 aliphatic carbocycles. The van der Waals surface area contributed by atoms with E-state index in [1.54, 1.807) is 0 Å². The number of carbonyl (C=O) groups is 1. The van der Waals surface area contributed by atoms with Gasteiger partial charge in [0.2, 0.25) is 0 Å². The SMILES string of the molecule is CCCCCCCCCCCCCOCC(COC1OC(CO)C(O)C(OS(=O)(=O)O)C1O)OC(=O)CCCCCCCC. The van der Waals surface area contributed by atoms with Crippen LogP contribution in [0.4, 0.5) is 0 Å². The van der Waals surface area contributed by atoms with E-state index in [2.05, 4.69) is 18.0 Å². The maximum atomic E-state index is 12.5. The molecule has 1 aliphatic rings. The molecule has 6 atom stereocenters. The van der Waals surface area contributed by atoms with Crippen molar-refractivity contribution in [3.8, 4) is 0 Å². The number of aliphatic hydroxyl groups excluding tert-OH is 3. The summed E-state index contributed by atoms with van der Waals surface area (Å²) in [6.45, 7) is 3.88. The second-order valence-corrected chi connectivity index (χ2v) is 12.8. The zero-order chi connectivity index (χ0) is 32.6. The molecule has 0 amide bonds. The van der Waals surface area contributed by atoms with Gasteiger partial charge in [0.1, 0.15) is 30.5 Å². The Morgan fingerprint density at radius 2 is 1.30 bits per heavy atom. The number of hydrogen-bond acceptors (Lipinski definition) is 11. The summed E-state index contributed by atoms with van der Waals surface area (Å²) in [7, 11) is -5.04. The average molecular weight is 657 g/mol. The van der Waals surface area contributed by atoms with E-state index in [4.69, 9.17) is 23.5 Å². The van der Waals surface area contributed by atoms with Crippen LogP contribution in [0.5, 0.6) is 0 Å². The van der Waals surface area contributed by atoms with Crippen LogP contribution in [-0.4, -0.2) is 97.5 Å². The minimum atomic E-state index is -5.04. The lowest BCUT2D eigenvalue weighted by Crippen LogP contribution is -2.60. The Kier molecular flexibility index (Phi) is 23.6. The van der Waals surface area contributed by atoms with Crippen molar-refractivity contribution in [3.05, 3.63) is 0 Å². The molecule has 13 heteroatoms. The Bertz CT molecular complexity index is 811. The van der Waals surface area contributed by atoms with Crippen LogP contribution in [0.1, 0.15) is 129 Å². The van der Waals surface area contributed by atoms with Crippen molar-refractivity contribution >= 4 is 16.4 Å². The molecule has 0 spiro atoms. The Morgan fingerprint density at radius 1 is 0.773 bits per heavy atom. The number of carbonyl (C=O) groups excluding carboxylic acids is 1. The van der Waals surface area contributed by atoms with Gasteiger partial charge in [0, 0.05) is 13.0 Å². The number of esters is 1. The minimum absolute atomic E-state index is 0.0415. The summed E-state index contributed by atoms with van der Waals surface area (Å²) in [4.78, 5) is 12.5. The van der Waals surface area contributed by atoms with Gasteiger partial charge >= 0.3 is 16.4 Å². The first-order valence-electron chi connectivity index (χ1n) is 16.8. The van der Waals surface area contributed by atoms with Crippen molar-refractivity contribution in [3.63, 3.8) is 0 Å². The van der Waals surface area contributed by atoms with Crippen LogP contribution in [0.2, 0.25) is 0 Å². The molecular weight excluding hydrogens is 596 g/mol. The molecule has 6 unspecified atom stereocenters. The summed E-state index contributed by atoms with van der Waals surface area (Å²) in [5, 5.41) is 30.3. The van der Waals surface area contributed by atoms with Crippen molar-refractivity contribution in [2.75, 3.05) is 26.4 Å². The smallest absolute Gasteiger partial charge is 0.397 e. The molecule has 0 aromatic rings. The van der Waals surface area contributed by atoms with Gasteiger partial charge in [-0.05, 0) is 12.8 Å². The van der Waals surface area contributed by atoms with Gasteiger partial charge in [0.25, 0.3) is 0 Å². The number of ether oxygens (including phenoxy) is 4. The van der Waals surface area contributed by atoms with Gasteiger partial charge in [-0.25, -0.2) is 4.18 Å². The molecule has 262 valence electrons. The molecule has 0 saturated carbocycles. The first-order valence-corrected chi connectivity index (χ1v) is 18.2. The van der Waals surface area contributed by atoms with Crippen LogP contribution in [-0.2, 0) is 38.3 Å². The molecule has 1 aliphatic heterocycles. The fraction of sp³-hybridized carbons (Fsp3) is 0.968. The molecule has 0 aromatic carbocycles. The Morgan fingerprint density at radius 3 is 1.82 bits per heavy atom. The normalized spacial score (nSPS) is 23.1. The summed E-state index contributed by atoms with van der Waals surface area (Å²) in [5.41, 5.74) is 0. The monoisotopic (exact) mass is 656 g/mol. The lowest BCUT2D eigenvalue weighted by atomic mass is 9.99. The number of aliphatic hydroxyl groups is 3. The molecule has 44 heavy (non-hydrogen) atoms. The predicted molar refractivity (Wildman–Crippen MR) is 165 cm³/mol. The lowest BCUT2D eigenvalue weighted by Gasteiger charge is -2.41. The van der Waals surface area contributed by atoms with Crippen molar-refractivity contribution in [2.24, 2.45) is 0 Å². The first-order chi connectivity index (χ1) is 21.1. The largest absolute Gasteiger partial charge is 0.457 e. The van der Waals surface area contributed by atoms with Gasteiger partial charge in [0.05, 0.1) is 19.8 Å². The second kappa shape index (κ2) is 25.2. The first kappa shape index (κ1) is 41.1. The van der Waals surface area contributed by atoms with E-state index in [1.807, 2.05) is 0 Å². The maximum Gasteiger partial charge on any atom is 0.397 e. The third kappa shape index (κ3) is 19.6. The van der Waals surface area contributed by atoms with Gasteiger partial charge in [-0.15, -0.1) is 0 Å². The summed E-state index contributed by atoms with van der Waals surface area (Å²) in [6, 6.07) is 0. The average Bonchev–Trinajstić information content (AvgIpc) is 2.98. The zero-order valence-electron chi connectivity index (χ0n) is 27.0. The molecule has 12 nitrogen and oxygen atoms in total. The van der Waals surface area contributed by atoms with Crippen molar-refractivity contribution in [1.29, 1.82) is 0 Å². The maximum absolute atomic E-state index is 12.5. The fourth-order valence-electron chi connectivity index (χ4n) is 5.14. The predicted octanol–water partition coefficient (Wildman–Crippen LogP) is 4.62. The molecule has 0 bridgehead atoms. The topological polar surface area (TPSA) is 178 Å². The molecule has 1 saturated heterocycles. The second-order valence-electron chi connectivity index (χ2n) is 11.8.